The van der Waals surface area contributed by atoms with E-state index in [2.05, 4.69) is 20.8 Å². The second-order valence-corrected chi connectivity index (χ2v) is 6.47. The summed E-state index contributed by atoms with van der Waals surface area (Å²) in [5.74, 6) is 0. The molecule has 1 aliphatic rings. The quantitative estimate of drug-likeness (QED) is 0.699. The molecule has 8 nitrogen and oxygen atoms in total. The van der Waals surface area contributed by atoms with E-state index in [1.807, 2.05) is 17.7 Å². The van der Waals surface area contributed by atoms with Crippen LogP contribution in [0.1, 0.15) is 36.9 Å². The van der Waals surface area contributed by atoms with Crippen molar-refractivity contribution >= 4 is 5.69 Å². The summed E-state index contributed by atoms with van der Waals surface area (Å²) in [6.45, 7) is 6.02. The van der Waals surface area contributed by atoms with Crippen LogP contribution >= 0.6 is 0 Å². The molecule has 2 aromatic heterocycles. The number of nitrogens with one attached hydrogen (secondary N) is 3. The van der Waals surface area contributed by atoms with Crippen molar-refractivity contribution in [1.82, 2.24) is 25.3 Å². The van der Waals surface area contributed by atoms with E-state index in [1.165, 1.54) is 0 Å². The van der Waals surface area contributed by atoms with Crippen LogP contribution in [0.15, 0.2) is 17.1 Å². The average molecular weight is 386 g/mol. The Kier molecular flexibility index (Phi) is 5.51. The van der Waals surface area contributed by atoms with Gasteiger partial charge in [-0.05, 0) is 19.9 Å². The lowest BCUT2D eigenvalue weighted by molar-refractivity contribution is -0.138. The maximum Gasteiger partial charge on any atom is 0.423 e. The molecule has 0 amide bonds. The zero-order valence-corrected chi connectivity index (χ0v) is 14.9. The summed E-state index contributed by atoms with van der Waals surface area (Å²) in [5.41, 5.74) is -1.12. The van der Waals surface area contributed by atoms with Gasteiger partial charge in [0.25, 0.3) is 5.56 Å². The molecule has 0 radical (unpaired) electrons. The largest absolute Gasteiger partial charge is 0.423 e. The average Bonchev–Trinajstić information content (AvgIpc) is 3.02. The van der Waals surface area contributed by atoms with Crippen LogP contribution in [0, 0.1) is 0 Å². The normalized spacial score (nSPS) is 16.6. The Labute approximate surface area is 153 Å². The van der Waals surface area contributed by atoms with Gasteiger partial charge in [-0.1, -0.05) is 0 Å². The molecule has 148 valence electrons. The predicted octanol–water partition coefficient (Wildman–Crippen LogP) is 1.67. The van der Waals surface area contributed by atoms with Crippen molar-refractivity contribution in [1.29, 1.82) is 0 Å². The smallest absolute Gasteiger partial charge is 0.378 e. The van der Waals surface area contributed by atoms with Gasteiger partial charge in [-0.25, -0.2) is 5.10 Å². The Morgan fingerprint density at radius 1 is 1.41 bits per heavy atom. The molecular formula is C16H21F3N6O2. The third kappa shape index (κ3) is 4.48. The number of rotatable bonds is 6. The van der Waals surface area contributed by atoms with E-state index in [-0.39, 0.29) is 18.4 Å². The Balaban J connectivity index is 1.62. The van der Waals surface area contributed by atoms with Crippen LogP contribution in [0.5, 0.6) is 0 Å². The number of hydrogen-bond donors (Lipinski definition) is 3. The zero-order chi connectivity index (χ0) is 19.6. The van der Waals surface area contributed by atoms with E-state index in [0.29, 0.717) is 0 Å². The lowest BCUT2D eigenvalue weighted by Gasteiger charge is -2.20. The molecule has 3 N–H and O–H groups in total. The van der Waals surface area contributed by atoms with Crippen LogP contribution in [-0.2, 0) is 24.0 Å². The standard InChI is InChI=1S/C16H21F3N6O2/c1-9(22-13-7-21-23-15(26)14(13)16(17,18)19)8-27-10(2)12-5-11-6-20-3-4-25(11)24-12/h5,7,9-10,20H,3-4,6,8H2,1-2H3,(H2,22,23,26)/t9-,10?/m0/s1. The second kappa shape index (κ2) is 7.69. The number of halogens is 3. The second-order valence-electron chi connectivity index (χ2n) is 6.47. The van der Waals surface area contributed by atoms with Crippen LogP contribution in [0.2, 0.25) is 0 Å². The molecule has 2 atom stereocenters. The van der Waals surface area contributed by atoms with E-state index in [0.717, 1.165) is 37.2 Å². The van der Waals surface area contributed by atoms with Gasteiger partial charge in [-0.15, -0.1) is 0 Å². The Morgan fingerprint density at radius 3 is 2.89 bits per heavy atom. The molecule has 27 heavy (non-hydrogen) atoms. The van der Waals surface area contributed by atoms with Crippen LogP contribution in [0.4, 0.5) is 18.9 Å². The first-order valence-electron chi connectivity index (χ1n) is 8.56. The van der Waals surface area contributed by atoms with E-state index < -0.39 is 23.3 Å². The summed E-state index contributed by atoms with van der Waals surface area (Å²) in [6, 6.07) is 1.48. The highest BCUT2D eigenvalue weighted by Crippen LogP contribution is 2.31. The lowest BCUT2D eigenvalue weighted by atomic mass is 10.2. The monoisotopic (exact) mass is 386 g/mol. The molecule has 0 aliphatic carbocycles. The van der Waals surface area contributed by atoms with Crippen molar-refractivity contribution in [2.75, 3.05) is 18.5 Å². The Morgan fingerprint density at radius 2 is 2.19 bits per heavy atom. The first-order chi connectivity index (χ1) is 12.8. The Bertz CT molecular complexity index is 824. The topological polar surface area (TPSA) is 96.9 Å². The summed E-state index contributed by atoms with van der Waals surface area (Å²) in [6.07, 6.45) is -4.15. The molecule has 1 aliphatic heterocycles. The van der Waals surface area contributed by atoms with Gasteiger partial charge in [0.05, 0.1) is 42.5 Å². The molecule has 0 saturated carbocycles. The maximum absolute atomic E-state index is 13.1. The molecule has 2 aromatic rings. The van der Waals surface area contributed by atoms with Crippen LogP contribution in [0.25, 0.3) is 0 Å². The van der Waals surface area contributed by atoms with E-state index in [4.69, 9.17) is 4.74 Å². The molecule has 11 heteroatoms. The number of nitrogens with zero attached hydrogens (tertiary/aromatic N) is 3. The molecule has 0 bridgehead atoms. The molecule has 0 saturated heterocycles. The fourth-order valence-electron chi connectivity index (χ4n) is 2.88. The molecule has 0 spiro atoms. The van der Waals surface area contributed by atoms with Crippen molar-refractivity contribution in [2.45, 2.75) is 45.3 Å². The number of H-pyrrole nitrogens is 1. The SMILES string of the molecule is CC(OC[C@H](C)Nc1cn[nH]c(=O)c1C(F)(F)F)c1cc2n(n1)CCNC2. The van der Waals surface area contributed by atoms with E-state index >= 15 is 0 Å². The minimum Gasteiger partial charge on any atom is -0.378 e. The van der Waals surface area contributed by atoms with Gasteiger partial charge in [-0.3, -0.25) is 9.48 Å². The summed E-state index contributed by atoms with van der Waals surface area (Å²) >= 11 is 0. The first kappa shape index (κ1) is 19.4. The molecule has 1 unspecified atom stereocenters. The molecule has 0 fully saturated rings. The Hall–Kier alpha value is -2.40. The van der Waals surface area contributed by atoms with Gasteiger partial charge < -0.3 is 15.4 Å². The van der Waals surface area contributed by atoms with Crippen molar-refractivity contribution in [3.05, 3.63) is 39.6 Å². The fourth-order valence-corrected chi connectivity index (χ4v) is 2.88. The highest BCUT2D eigenvalue weighted by molar-refractivity contribution is 5.50. The number of anilines is 1. The summed E-state index contributed by atoms with van der Waals surface area (Å²) < 4.78 is 46.9. The minimum atomic E-state index is -4.78. The summed E-state index contributed by atoms with van der Waals surface area (Å²) in [4.78, 5) is 11.5. The lowest BCUT2D eigenvalue weighted by Crippen LogP contribution is -2.29. The predicted molar refractivity (Wildman–Crippen MR) is 91.2 cm³/mol. The molecule has 3 rings (SSSR count). The number of ether oxygens (including phenoxy) is 1. The van der Waals surface area contributed by atoms with Crippen molar-refractivity contribution < 1.29 is 17.9 Å². The molecule has 0 aromatic carbocycles. The van der Waals surface area contributed by atoms with Crippen molar-refractivity contribution in [3.63, 3.8) is 0 Å². The molecule has 3 heterocycles. The van der Waals surface area contributed by atoms with Gasteiger partial charge in [0.15, 0.2) is 0 Å². The van der Waals surface area contributed by atoms with Gasteiger partial charge >= 0.3 is 6.18 Å². The van der Waals surface area contributed by atoms with Gasteiger partial charge in [0.1, 0.15) is 5.56 Å². The van der Waals surface area contributed by atoms with E-state index in [1.54, 1.807) is 12.0 Å². The van der Waals surface area contributed by atoms with Crippen molar-refractivity contribution in [2.24, 2.45) is 0 Å². The van der Waals surface area contributed by atoms with E-state index in [9.17, 15) is 18.0 Å². The third-order valence-corrected chi connectivity index (χ3v) is 4.24. The number of aromatic nitrogens is 4. The minimum absolute atomic E-state index is 0.131. The number of hydrogen-bond acceptors (Lipinski definition) is 6. The number of alkyl halides is 3. The van der Waals surface area contributed by atoms with Gasteiger partial charge in [0.2, 0.25) is 0 Å². The zero-order valence-electron chi connectivity index (χ0n) is 14.9. The molecular weight excluding hydrogens is 365 g/mol. The van der Waals surface area contributed by atoms with Crippen LogP contribution in [-0.4, -0.2) is 39.2 Å². The van der Waals surface area contributed by atoms with Crippen LogP contribution < -0.4 is 16.2 Å². The number of aromatic amines is 1. The van der Waals surface area contributed by atoms with Gasteiger partial charge in [-0.2, -0.15) is 23.4 Å². The van der Waals surface area contributed by atoms with Crippen molar-refractivity contribution in [3.8, 4) is 0 Å². The van der Waals surface area contributed by atoms with Gasteiger partial charge in [0, 0.05) is 19.1 Å². The van der Waals surface area contributed by atoms with Crippen LogP contribution in [0.3, 0.4) is 0 Å². The first-order valence-corrected chi connectivity index (χ1v) is 8.56. The fraction of sp³-hybridized carbons (Fsp3) is 0.562. The number of fused-ring (bicyclic) bond motifs is 1. The third-order valence-electron chi connectivity index (χ3n) is 4.24. The highest BCUT2D eigenvalue weighted by atomic mass is 19.4. The maximum atomic E-state index is 13.1. The summed E-state index contributed by atoms with van der Waals surface area (Å²) in [5, 5.41) is 15.6. The summed E-state index contributed by atoms with van der Waals surface area (Å²) in [7, 11) is 0. The highest BCUT2D eigenvalue weighted by Gasteiger charge is 2.37.